The van der Waals surface area contributed by atoms with E-state index in [1.807, 2.05) is 30.3 Å². The van der Waals surface area contributed by atoms with Gasteiger partial charge in [-0.15, -0.1) is 0 Å². The maximum atomic E-state index is 12.0. The molecule has 252 valence electrons. The first-order valence-corrected chi connectivity index (χ1v) is 18.1. The molecule has 6 atom stereocenters. The van der Waals surface area contributed by atoms with Crippen LogP contribution in [-0.4, -0.2) is 99.0 Å². The molecule has 2 aromatic heterocycles. The van der Waals surface area contributed by atoms with Crippen LogP contribution in [0, 0.1) is 0 Å². The van der Waals surface area contributed by atoms with Gasteiger partial charge in [-0.05, 0) is 25.2 Å². The molecule has 45 heavy (non-hydrogen) atoms. The largest absolute Gasteiger partial charge is 0.490 e. The lowest BCUT2D eigenvalue weighted by Crippen LogP contribution is -2.33. The van der Waals surface area contributed by atoms with E-state index in [2.05, 4.69) is 53.9 Å². The quantitative estimate of drug-likeness (QED) is 0.124. The summed E-state index contributed by atoms with van der Waals surface area (Å²) in [5.41, 5.74) is 7.52. The minimum Gasteiger partial charge on any atom is -0.387 e. The SMILES string of the molecule is CCN(CC)CC.Nc1ncnc2c1c(Cc1ccccc1)nn2[C@@H]1O[C@H](COP(=O)(O)OP(=O)(O)OP(=O)(O)O)[C@@H](O)[C@H]1O. The van der Waals surface area contributed by atoms with Gasteiger partial charge < -0.3 is 45.2 Å². The molecule has 0 spiro atoms. The van der Waals surface area contributed by atoms with E-state index in [1.54, 1.807) is 0 Å². The van der Waals surface area contributed by atoms with E-state index in [-0.39, 0.29) is 11.5 Å². The van der Waals surface area contributed by atoms with E-state index in [0.29, 0.717) is 17.5 Å². The van der Waals surface area contributed by atoms with Crippen molar-refractivity contribution in [3.05, 3.63) is 47.9 Å². The Kier molecular flexibility index (Phi) is 12.9. The van der Waals surface area contributed by atoms with Crippen LogP contribution < -0.4 is 5.73 Å². The first-order chi connectivity index (χ1) is 21.0. The third-order valence-electron chi connectivity index (χ3n) is 6.54. The van der Waals surface area contributed by atoms with Crippen molar-refractivity contribution in [2.75, 3.05) is 32.0 Å². The van der Waals surface area contributed by atoms with Gasteiger partial charge in [0.1, 0.15) is 30.5 Å². The van der Waals surface area contributed by atoms with Crippen LogP contribution in [0.15, 0.2) is 36.7 Å². The number of anilines is 1. The van der Waals surface area contributed by atoms with Crippen LogP contribution >= 0.6 is 23.5 Å². The number of aromatic nitrogens is 4. The fraction of sp³-hybridized carbons (Fsp3) is 0.522. The zero-order valence-electron chi connectivity index (χ0n) is 24.5. The molecule has 22 heteroatoms. The van der Waals surface area contributed by atoms with Crippen molar-refractivity contribution in [1.29, 1.82) is 0 Å². The van der Waals surface area contributed by atoms with Crippen LogP contribution in [0.2, 0.25) is 0 Å². The van der Waals surface area contributed by atoms with Gasteiger partial charge in [-0.2, -0.15) is 13.7 Å². The third kappa shape index (κ3) is 10.4. The van der Waals surface area contributed by atoms with E-state index < -0.39 is 54.6 Å². The lowest BCUT2D eigenvalue weighted by Gasteiger charge is -2.19. The average molecular weight is 699 g/mol. The Bertz CT molecular complexity index is 1550. The number of aliphatic hydroxyl groups excluding tert-OH is 2. The predicted octanol–water partition coefficient (Wildman–Crippen LogP) is 1.31. The number of phosphoric ester groups is 1. The number of benzene rings is 1. The standard InChI is InChI=1S/C17H22N5O13P3.C6H15N/c18-15-12-10(6-9-4-2-1-3-5-9)21-22(16(12)20-8-19-15)17-14(24)13(23)11(33-17)7-32-37(28,29)35-38(30,31)34-36(25,26)27;1-4-7(5-2)6-3/h1-5,8,11,13-14,17,23-24H,6-7H2,(H,28,29)(H,30,31)(H2,18,19,20)(H2,25,26,27);4-6H2,1-3H3/t11-,13-,14-,17-;/m1./s1. The van der Waals surface area contributed by atoms with Gasteiger partial charge in [0, 0.05) is 6.42 Å². The lowest BCUT2D eigenvalue weighted by molar-refractivity contribution is -0.0559. The first kappa shape index (κ1) is 37.3. The molecule has 4 rings (SSSR count). The molecule has 0 saturated carbocycles. The van der Waals surface area contributed by atoms with Gasteiger partial charge in [0.2, 0.25) is 0 Å². The summed E-state index contributed by atoms with van der Waals surface area (Å²) in [6.07, 6.45) is -4.80. The maximum Gasteiger partial charge on any atom is 0.490 e. The van der Waals surface area contributed by atoms with Gasteiger partial charge in [0.05, 0.1) is 17.7 Å². The minimum absolute atomic E-state index is 0.101. The number of hydrogen-bond acceptors (Lipinski definition) is 14. The minimum atomic E-state index is -5.74. The number of rotatable bonds is 13. The summed E-state index contributed by atoms with van der Waals surface area (Å²) in [4.78, 5) is 46.6. The monoisotopic (exact) mass is 698 g/mol. The highest BCUT2D eigenvalue weighted by atomic mass is 31.3. The summed E-state index contributed by atoms with van der Waals surface area (Å²) in [5, 5.41) is 25.9. The molecule has 1 aliphatic heterocycles. The summed E-state index contributed by atoms with van der Waals surface area (Å²) in [7, 11) is -16.8. The zero-order valence-corrected chi connectivity index (χ0v) is 27.2. The number of hydrogen-bond donors (Lipinski definition) is 7. The highest BCUT2D eigenvalue weighted by Crippen LogP contribution is 2.66. The molecule has 0 bridgehead atoms. The Morgan fingerprint density at radius 2 is 1.56 bits per heavy atom. The molecule has 8 N–H and O–H groups in total. The molecule has 1 aromatic carbocycles. The smallest absolute Gasteiger partial charge is 0.387 e. The molecule has 19 nitrogen and oxygen atoms in total. The summed E-state index contributed by atoms with van der Waals surface area (Å²) in [5.74, 6) is 0.101. The second-order valence-corrected chi connectivity index (χ2v) is 14.0. The highest BCUT2D eigenvalue weighted by Gasteiger charge is 2.47. The zero-order chi connectivity index (χ0) is 33.6. The molecule has 3 aromatic rings. The molecule has 1 fully saturated rings. The van der Waals surface area contributed by atoms with Crippen LogP contribution in [-0.2, 0) is 38.0 Å². The molecular weight excluding hydrogens is 661 g/mol. The van der Waals surface area contributed by atoms with E-state index in [9.17, 15) is 33.7 Å². The van der Waals surface area contributed by atoms with Gasteiger partial charge in [-0.25, -0.2) is 28.3 Å². The van der Waals surface area contributed by atoms with Crippen LogP contribution in [0.4, 0.5) is 5.82 Å². The normalized spacial score (nSPS) is 23.0. The molecule has 0 radical (unpaired) electrons. The number of nitrogen functional groups attached to an aromatic ring is 1. The van der Waals surface area contributed by atoms with Crippen LogP contribution in [0.3, 0.4) is 0 Å². The maximum absolute atomic E-state index is 12.0. The summed E-state index contributed by atoms with van der Waals surface area (Å²) in [6.45, 7) is 9.14. The van der Waals surface area contributed by atoms with Gasteiger partial charge in [0.15, 0.2) is 11.9 Å². The summed E-state index contributed by atoms with van der Waals surface area (Å²) < 4.78 is 52.7. The van der Waals surface area contributed by atoms with E-state index in [4.69, 9.17) is 20.3 Å². The van der Waals surface area contributed by atoms with Gasteiger partial charge >= 0.3 is 23.5 Å². The van der Waals surface area contributed by atoms with Gasteiger partial charge in [-0.1, -0.05) is 51.1 Å². The number of ether oxygens (including phenoxy) is 1. The fourth-order valence-corrected chi connectivity index (χ4v) is 7.40. The molecule has 0 aliphatic carbocycles. The molecule has 1 aliphatic rings. The summed E-state index contributed by atoms with van der Waals surface area (Å²) in [6, 6.07) is 9.21. The van der Waals surface area contributed by atoms with Crippen molar-refractivity contribution in [3.8, 4) is 0 Å². The first-order valence-electron chi connectivity index (χ1n) is 13.5. The lowest BCUT2D eigenvalue weighted by atomic mass is 10.1. The molecular formula is C23H37N6O13P3. The third-order valence-corrected chi connectivity index (χ3v) is 10.3. The van der Waals surface area contributed by atoms with Crippen molar-refractivity contribution in [3.63, 3.8) is 0 Å². The number of nitrogens with zero attached hydrogens (tertiary/aromatic N) is 5. The average Bonchev–Trinajstić information content (AvgIpc) is 3.44. The van der Waals surface area contributed by atoms with Crippen LogP contribution in [0.5, 0.6) is 0 Å². The van der Waals surface area contributed by atoms with Crippen LogP contribution in [0.25, 0.3) is 11.0 Å². The van der Waals surface area contributed by atoms with Crippen molar-refractivity contribution < 1.29 is 61.4 Å². The molecule has 2 unspecified atom stereocenters. The van der Waals surface area contributed by atoms with E-state index >= 15 is 0 Å². The molecule has 0 amide bonds. The Balaban J connectivity index is 0.000000707. The fourth-order valence-electron chi connectivity index (χ4n) is 4.37. The second kappa shape index (κ2) is 15.6. The van der Waals surface area contributed by atoms with E-state index in [1.165, 1.54) is 19.6 Å². The number of nitrogens with two attached hydrogens (primary N) is 1. The van der Waals surface area contributed by atoms with Gasteiger partial charge in [-0.3, -0.25) is 4.52 Å². The molecule has 3 heterocycles. The topological polar surface area (TPSA) is 282 Å². The van der Waals surface area contributed by atoms with E-state index in [0.717, 1.165) is 16.6 Å². The Labute approximate surface area is 258 Å². The predicted molar refractivity (Wildman–Crippen MR) is 158 cm³/mol. The Hall–Kier alpha value is -2.18. The van der Waals surface area contributed by atoms with Crippen molar-refractivity contribution in [2.45, 2.75) is 51.7 Å². The van der Waals surface area contributed by atoms with Crippen LogP contribution in [0.1, 0.15) is 38.3 Å². The number of fused-ring (bicyclic) bond motifs is 1. The highest BCUT2D eigenvalue weighted by molar-refractivity contribution is 7.66. The Morgan fingerprint density at radius 1 is 0.933 bits per heavy atom. The number of aliphatic hydroxyl groups is 2. The second-order valence-electron chi connectivity index (χ2n) is 9.56. The van der Waals surface area contributed by atoms with Crippen molar-refractivity contribution >= 4 is 40.3 Å². The van der Waals surface area contributed by atoms with Gasteiger partial charge in [0.25, 0.3) is 0 Å². The number of phosphoric acid groups is 3. The summed E-state index contributed by atoms with van der Waals surface area (Å²) >= 11 is 0. The molecule has 1 saturated heterocycles. The Morgan fingerprint density at radius 3 is 2.11 bits per heavy atom. The van der Waals surface area contributed by atoms with Crippen molar-refractivity contribution in [2.24, 2.45) is 0 Å². The van der Waals surface area contributed by atoms with Crippen molar-refractivity contribution in [1.82, 2.24) is 24.6 Å².